The number of pyridine rings is 1. The third-order valence-electron chi connectivity index (χ3n) is 3.80. The highest BCUT2D eigenvalue weighted by Gasteiger charge is 2.28. The van der Waals surface area contributed by atoms with Gasteiger partial charge < -0.3 is 16.6 Å². The lowest BCUT2D eigenvalue weighted by atomic mass is 10.1. The number of aromatic nitrogens is 1. The van der Waals surface area contributed by atoms with Crippen LogP contribution in [0, 0.1) is 12.8 Å². The van der Waals surface area contributed by atoms with E-state index in [2.05, 4.69) is 14.7 Å². The standard InChI is InChI=1S/C16H21N5O4S/c1-8(2)13(15(22)23)21-26(24,25)10-4-5-11-9(3)7-19-14(12(11)6-10)20-16(17)18/h4-8,13,21H,1-3H3,(H,22,23)(H4,17,18,19,20). The predicted molar refractivity (Wildman–Crippen MR) is 98.5 cm³/mol. The number of hydrogen-bond donors (Lipinski definition) is 4. The number of rotatable bonds is 6. The normalized spacial score (nSPS) is 12.9. The maximum Gasteiger partial charge on any atom is 0.322 e. The van der Waals surface area contributed by atoms with Crippen LogP contribution in [0.2, 0.25) is 0 Å². The number of aliphatic carboxylic acids is 1. The summed E-state index contributed by atoms with van der Waals surface area (Å²) in [5, 5.41) is 10.4. The van der Waals surface area contributed by atoms with Crippen molar-refractivity contribution in [3.05, 3.63) is 30.0 Å². The second kappa shape index (κ2) is 7.26. The van der Waals surface area contributed by atoms with Crippen LogP contribution in [0.15, 0.2) is 34.3 Å². The van der Waals surface area contributed by atoms with Gasteiger partial charge in [0.2, 0.25) is 10.0 Å². The van der Waals surface area contributed by atoms with Crippen molar-refractivity contribution in [3.63, 3.8) is 0 Å². The fraction of sp³-hybridized carbons (Fsp3) is 0.312. The van der Waals surface area contributed by atoms with E-state index in [0.29, 0.717) is 5.39 Å². The van der Waals surface area contributed by atoms with Crippen molar-refractivity contribution >= 4 is 38.5 Å². The van der Waals surface area contributed by atoms with Gasteiger partial charge in [-0.3, -0.25) is 4.79 Å². The lowest BCUT2D eigenvalue weighted by Crippen LogP contribution is -2.44. The van der Waals surface area contributed by atoms with Gasteiger partial charge in [0.15, 0.2) is 11.8 Å². The lowest BCUT2D eigenvalue weighted by Gasteiger charge is -2.18. The van der Waals surface area contributed by atoms with Crippen molar-refractivity contribution in [3.8, 4) is 0 Å². The summed E-state index contributed by atoms with van der Waals surface area (Å²) >= 11 is 0. The average Bonchev–Trinajstić information content (AvgIpc) is 2.54. The molecule has 0 saturated heterocycles. The van der Waals surface area contributed by atoms with Gasteiger partial charge in [-0.1, -0.05) is 19.9 Å². The Morgan fingerprint density at radius 1 is 1.27 bits per heavy atom. The average molecular weight is 379 g/mol. The van der Waals surface area contributed by atoms with Crippen molar-refractivity contribution in [2.75, 3.05) is 0 Å². The van der Waals surface area contributed by atoms with E-state index in [1.807, 2.05) is 6.92 Å². The molecule has 2 rings (SSSR count). The van der Waals surface area contributed by atoms with Crippen LogP contribution in [0.4, 0.5) is 5.82 Å². The summed E-state index contributed by atoms with van der Waals surface area (Å²) < 4.78 is 27.5. The molecule has 0 bridgehead atoms. The molecule has 0 radical (unpaired) electrons. The largest absolute Gasteiger partial charge is 0.480 e. The highest BCUT2D eigenvalue weighted by molar-refractivity contribution is 7.89. The molecule has 0 saturated carbocycles. The molecule has 1 unspecified atom stereocenters. The molecule has 10 heteroatoms. The zero-order chi connectivity index (χ0) is 19.6. The molecule has 1 heterocycles. The Bertz CT molecular complexity index is 982. The predicted octanol–water partition coefficient (Wildman–Crippen LogP) is 0.836. The highest BCUT2D eigenvalue weighted by atomic mass is 32.2. The van der Waals surface area contributed by atoms with Gasteiger partial charge in [0.05, 0.1) is 4.90 Å². The molecule has 0 spiro atoms. The maximum absolute atomic E-state index is 12.6. The molecule has 0 amide bonds. The molecule has 26 heavy (non-hydrogen) atoms. The number of aliphatic imine (C=N–C) groups is 1. The van der Waals surface area contributed by atoms with E-state index in [1.165, 1.54) is 12.1 Å². The molecule has 0 aliphatic rings. The summed E-state index contributed by atoms with van der Waals surface area (Å²) in [5.41, 5.74) is 11.6. The molecule has 0 aliphatic heterocycles. The van der Waals surface area contributed by atoms with Gasteiger partial charge in [-0.2, -0.15) is 9.71 Å². The third-order valence-corrected chi connectivity index (χ3v) is 5.24. The van der Waals surface area contributed by atoms with E-state index < -0.39 is 28.0 Å². The summed E-state index contributed by atoms with van der Waals surface area (Å²) in [6.45, 7) is 5.05. The Morgan fingerprint density at radius 2 is 1.92 bits per heavy atom. The first-order valence-electron chi connectivity index (χ1n) is 7.77. The number of carboxylic acid groups (broad SMARTS) is 1. The summed E-state index contributed by atoms with van der Waals surface area (Å²) in [6, 6.07) is 3.13. The molecule has 6 N–H and O–H groups in total. The van der Waals surface area contributed by atoms with Crippen LogP contribution in [0.25, 0.3) is 10.8 Å². The van der Waals surface area contributed by atoms with Crippen LogP contribution < -0.4 is 16.2 Å². The number of nitrogens with two attached hydrogens (primary N) is 2. The number of carbonyl (C=O) groups is 1. The minimum absolute atomic E-state index is 0.101. The minimum Gasteiger partial charge on any atom is -0.480 e. The monoisotopic (exact) mass is 379 g/mol. The van der Waals surface area contributed by atoms with Gasteiger partial charge in [-0.25, -0.2) is 13.4 Å². The van der Waals surface area contributed by atoms with Gasteiger partial charge in [-0.05, 0) is 35.9 Å². The number of hydrogen-bond acceptors (Lipinski definition) is 5. The van der Waals surface area contributed by atoms with Gasteiger partial charge >= 0.3 is 5.97 Å². The SMILES string of the molecule is Cc1cnc(N=C(N)N)c2cc(S(=O)(=O)NC(C(=O)O)C(C)C)ccc12. The molecule has 1 aromatic heterocycles. The summed E-state index contributed by atoms with van der Waals surface area (Å²) in [4.78, 5) is 19.3. The molecule has 9 nitrogen and oxygen atoms in total. The first kappa shape index (κ1) is 19.6. The van der Waals surface area contributed by atoms with Crippen molar-refractivity contribution < 1.29 is 18.3 Å². The highest BCUT2D eigenvalue weighted by Crippen LogP contribution is 2.29. The lowest BCUT2D eigenvalue weighted by molar-refractivity contribution is -0.140. The first-order valence-corrected chi connectivity index (χ1v) is 9.25. The number of fused-ring (bicyclic) bond motifs is 1. The van der Waals surface area contributed by atoms with Crippen molar-refractivity contribution in [1.29, 1.82) is 0 Å². The van der Waals surface area contributed by atoms with Crippen molar-refractivity contribution in [2.24, 2.45) is 22.4 Å². The van der Waals surface area contributed by atoms with E-state index >= 15 is 0 Å². The summed E-state index contributed by atoms with van der Waals surface area (Å²) in [5.74, 6) is -1.70. The molecular formula is C16H21N5O4S. The third kappa shape index (κ3) is 4.09. The molecule has 0 fully saturated rings. The molecular weight excluding hydrogens is 358 g/mol. The Kier molecular flexibility index (Phi) is 5.47. The van der Waals surface area contributed by atoms with Crippen LogP contribution in [0.5, 0.6) is 0 Å². The van der Waals surface area contributed by atoms with Crippen LogP contribution >= 0.6 is 0 Å². The van der Waals surface area contributed by atoms with Crippen LogP contribution in [-0.4, -0.2) is 36.5 Å². The quantitative estimate of drug-likeness (QED) is 0.427. The number of benzene rings is 1. The topological polar surface area (TPSA) is 161 Å². The van der Waals surface area contributed by atoms with Gasteiger partial charge in [0, 0.05) is 11.6 Å². The van der Waals surface area contributed by atoms with Gasteiger partial charge in [0.1, 0.15) is 6.04 Å². The van der Waals surface area contributed by atoms with Crippen LogP contribution in [0.1, 0.15) is 19.4 Å². The van der Waals surface area contributed by atoms with E-state index in [4.69, 9.17) is 11.5 Å². The molecule has 140 valence electrons. The molecule has 1 aromatic carbocycles. The summed E-state index contributed by atoms with van der Waals surface area (Å²) in [6.07, 6.45) is 1.58. The van der Waals surface area contributed by atoms with Gasteiger partial charge in [0.25, 0.3) is 0 Å². The minimum atomic E-state index is -4.07. The van der Waals surface area contributed by atoms with E-state index in [-0.39, 0.29) is 16.7 Å². The number of sulfonamides is 1. The first-order chi connectivity index (χ1) is 12.0. The Hall–Kier alpha value is -2.72. The number of carboxylic acids is 1. The van der Waals surface area contributed by atoms with Crippen LogP contribution in [0.3, 0.4) is 0 Å². The van der Waals surface area contributed by atoms with Crippen molar-refractivity contribution in [1.82, 2.24) is 9.71 Å². The summed E-state index contributed by atoms with van der Waals surface area (Å²) in [7, 11) is -4.07. The molecule has 2 aromatic rings. The zero-order valence-corrected chi connectivity index (χ0v) is 15.4. The smallest absolute Gasteiger partial charge is 0.322 e. The zero-order valence-electron chi connectivity index (χ0n) is 14.6. The van der Waals surface area contributed by atoms with E-state index in [1.54, 1.807) is 26.1 Å². The second-order valence-corrected chi connectivity index (χ2v) is 7.90. The van der Waals surface area contributed by atoms with Gasteiger partial charge in [-0.15, -0.1) is 0 Å². The molecule has 0 aliphatic carbocycles. The number of aryl methyl sites for hydroxylation is 1. The van der Waals surface area contributed by atoms with Crippen molar-refractivity contribution in [2.45, 2.75) is 31.7 Å². The molecule has 1 atom stereocenters. The number of nitrogens with zero attached hydrogens (tertiary/aromatic N) is 2. The Balaban J connectivity index is 2.60. The van der Waals surface area contributed by atoms with Crippen LogP contribution in [-0.2, 0) is 14.8 Å². The fourth-order valence-corrected chi connectivity index (χ4v) is 3.80. The number of guanidine groups is 1. The number of nitrogens with one attached hydrogen (secondary N) is 1. The van der Waals surface area contributed by atoms with E-state index in [9.17, 15) is 18.3 Å². The van der Waals surface area contributed by atoms with E-state index in [0.717, 1.165) is 10.9 Å². The second-order valence-electron chi connectivity index (χ2n) is 6.19. The Morgan fingerprint density at radius 3 is 2.46 bits per heavy atom. The Labute approximate surface area is 151 Å². The fourth-order valence-electron chi connectivity index (χ4n) is 2.43. The maximum atomic E-state index is 12.6.